The predicted octanol–water partition coefficient (Wildman–Crippen LogP) is 2.76. The van der Waals surface area contributed by atoms with Gasteiger partial charge in [0.1, 0.15) is 10.9 Å². The summed E-state index contributed by atoms with van der Waals surface area (Å²) in [4.78, 5) is 4.34. The second kappa shape index (κ2) is 5.04. The van der Waals surface area contributed by atoms with Crippen LogP contribution < -0.4 is 5.73 Å². The SMILES string of the molecule is N#Cc1sc2c(c1N)CCN(Cc1ccccc1)C2. The van der Waals surface area contributed by atoms with Crippen molar-refractivity contribution >= 4 is 17.0 Å². The van der Waals surface area contributed by atoms with Crippen LogP contribution in [0.2, 0.25) is 0 Å². The van der Waals surface area contributed by atoms with Crippen LogP contribution in [0.25, 0.3) is 0 Å². The van der Waals surface area contributed by atoms with Crippen molar-refractivity contribution in [3.8, 4) is 6.07 Å². The molecular weight excluding hydrogens is 254 g/mol. The highest BCUT2D eigenvalue weighted by atomic mass is 32.1. The number of fused-ring (bicyclic) bond motifs is 1. The van der Waals surface area contributed by atoms with Crippen LogP contribution in [0.15, 0.2) is 30.3 Å². The minimum atomic E-state index is 0.673. The molecule has 3 rings (SSSR count). The van der Waals surface area contributed by atoms with Crippen molar-refractivity contribution < 1.29 is 0 Å². The molecule has 0 fully saturated rings. The average molecular weight is 269 g/mol. The van der Waals surface area contributed by atoms with E-state index in [2.05, 4.69) is 35.2 Å². The molecule has 0 aliphatic carbocycles. The quantitative estimate of drug-likeness (QED) is 0.912. The van der Waals surface area contributed by atoms with E-state index in [-0.39, 0.29) is 0 Å². The normalized spacial score (nSPS) is 14.9. The van der Waals surface area contributed by atoms with Crippen molar-refractivity contribution in [3.63, 3.8) is 0 Å². The number of hydrogen-bond acceptors (Lipinski definition) is 4. The van der Waals surface area contributed by atoms with Crippen LogP contribution in [-0.2, 0) is 19.5 Å². The van der Waals surface area contributed by atoms with Crippen molar-refractivity contribution in [2.45, 2.75) is 19.5 Å². The fourth-order valence-corrected chi connectivity index (χ4v) is 3.65. The van der Waals surface area contributed by atoms with E-state index in [0.717, 1.165) is 26.1 Å². The fraction of sp³-hybridized carbons (Fsp3) is 0.267. The van der Waals surface area contributed by atoms with Gasteiger partial charge in [0.15, 0.2) is 0 Å². The standard InChI is InChI=1S/C15H15N3S/c16-8-13-15(17)12-6-7-18(10-14(12)19-13)9-11-4-2-1-3-5-11/h1-5H,6-7,9-10,17H2. The molecule has 0 atom stereocenters. The Bertz CT molecular complexity index is 625. The lowest BCUT2D eigenvalue weighted by atomic mass is 10.1. The molecule has 3 nitrogen and oxygen atoms in total. The van der Waals surface area contributed by atoms with Gasteiger partial charge in [0.05, 0.1) is 5.69 Å². The van der Waals surface area contributed by atoms with E-state index >= 15 is 0 Å². The van der Waals surface area contributed by atoms with Gasteiger partial charge in [-0.25, -0.2) is 0 Å². The lowest BCUT2D eigenvalue weighted by Gasteiger charge is -2.26. The Kier molecular flexibility index (Phi) is 3.24. The Labute approximate surface area is 116 Å². The summed E-state index contributed by atoms with van der Waals surface area (Å²) in [6, 6.07) is 12.7. The molecule has 2 N–H and O–H groups in total. The van der Waals surface area contributed by atoms with Gasteiger partial charge in [-0.2, -0.15) is 5.26 Å². The number of nitrogens with zero attached hydrogens (tertiary/aromatic N) is 2. The van der Waals surface area contributed by atoms with Gasteiger partial charge < -0.3 is 5.73 Å². The third kappa shape index (κ3) is 2.35. The molecule has 2 heterocycles. The Morgan fingerprint density at radius 1 is 1.32 bits per heavy atom. The molecule has 2 aromatic rings. The molecule has 0 bridgehead atoms. The molecule has 0 unspecified atom stereocenters. The first-order valence-corrected chi connectivity index (χ1v) is 7.16. The van der Waals surface area contributed by atoms with Crippen molar-refractivity contribution in [2.24, 2.45) is 0 Å². The van der Waals surface area contributed by atoms with Crippen LogP contribution in [0.3, 0.4) is 0 Å². The highest BCUT2D eigenvalue weighted by molar-refractivity contribution is 7.13. The number of anilines is 1. The summed E-state index contributed by atoms with van der Waals surface area (Å²) in [5, 5.41) is 9.04. The number of nitriles is 1. The van der Waals surface area contributed by atoms with Crippen LogP contribution in [0, 0.1) is 11.3 Å². The van der Waals surface area contributed by atoms with Gasteiger partial charge in [-0.1, -0.05) is 30.3 Å². The molecule has 1 aromatic heterocycles. The van der Waals surface area contributed by atoms with Crippen LogP contribution in [0.1, 0.15) is 20.9 Å². The van der Waals surface area contributed by atoms with E-state index in [9.17, 15) is 0 Å². The second-order valence-corrected chi connectivity index (χ2v) is 5.91. The lowest BCUT2D eigenvalue weighted by Crippen LogP contribution is -2.29. The Hall–Kier alpha value is -1.83. The Morgan fingerprint density at radius 2 is 2.11 bits per heavy atom. The van der Waals surface area contributed by atoms with Crippen molar-refractivity contribution in [1.82, 2.24) is 4.90 Å². The number of nitrogens with two attached hydrogens (primary N) is 1. The smallest absolute Gasteiger partial charge is 0.128 e. The van der Waals surface area contributed by atoms with Gasteiger partial charge in [0, 0.05) is 24.5 Å². The second-order valence-electron chi connectivity index (χ2n) is 4.80. The Morgan fingerprint density at radius 3 is 2.84 bits per heavy atom. The monoisotopic (exact) mass is 269 g/mol. The third-order valence-electron chi connectivity index (χ3n) is 3.53. The number of hydrogen-bond donors (Lipinski definition) is 1. The zero-order chi connectivity index (χ0) is 13.2. The van der Waals surface area contributed by atoms with Crippen LogP contribution in [-0.4, -0.2) is 11.4 Å². The fourth-order valence-electron chi connectivity index (χ4n) is 2.54. The summed E-state index contributed by atoms with van der Waals surface area (Å²) in [6.07, 6.45) is 0.951. The number of benzene rings is 1. The molecule has 1 aromatic carbocycles. The summed E-state index contributed by atoms with van der Waals surface area (Å²) < 4.78 is 0. The largest absolute Gasteiger partial charge is 0.397 e. The maximum absolute atomic E-state index is 9.04. The summed E-state index contributed by atoms with van der Waals surface area (Å²) in [5.41, 5.74) is 9.24. The molecule has 1 aliphatic heterocycles. The summed E-state index contributed by atoms with van der Waals surface area (Å²) in [7, 11) is 0. The highest BCUT2D eigenvalue weighted by Gasteiger charge is 2.22. The molecule has 0 spiro atoms. The van der Waals surface area contributed by atoms with E-state index < -0.39 is 0 Å². The maximum Gasteiger partial charge on any atom is 0.128 e. The van der Waals surface area contributed by atoms with Crippen molar-refractivity contribution in [1.29, 1.82) is 5.26 Å². The van der Waals surface area contributed by atoms with E-state index in [1.54, 1.807) is 11.3 Å². The first-order valence-electron chi connectivity index (χ1n) is 6.34. The first-order chi connectivity index (χ1) is 9.28. The van der Waals surface area contributed by atoms with Gasteiger partial charge >= 0.3 is 0 Å². The van der Waals surface area contributed by atoms with Gasteiger partial charge in [0.2, 0.25) is 0 Å². The summed E-state index contributed by atoms with van der Waals surface area (Å²) >= 11 is 1.55. The molecule has 0 amide bonds. The van der Waals surface area contributed by atoms with Gasteiger partial charge in [0.25, 0.3) is 0 Å². The molecule has 19 heavy (non-hydrogen) atoms. The minimum absolute atomic E-state index is 0.673. The molecule has 0 radical (unpaired) electrons. The molecule has 96 valence electrons. The molecule has 0 saturated heterocycles. The van der Waals surface area contributed by atoms with E-state index in [1.165, 1.54) is 16.0 Å². The summed E-state index contributed by atoms with van der Waals surface area (Å²) in [6.45, 7) is 2.87. The van der Waals surface area contributed by atoms with Crippen LogP contribution >= 0.6 is 11.3 Å². The van der Waals surface area contributed by atoms with Crippen molar-refractivity contribution in [3.05, 3.63) is 51.2 Å². The number of nitrogen functional groups attached to an aromatic ring is 1. The van der Waals surface area contributed by atoms with Gasteiger partial charge in [-0.05, 0) is 17.5 Å². The number of thiophene rings is 1. The molecular formula is C15H15N3S. The first kappa shape index (κ1) is 12.2. The van der Waals surface area contributed by atoms with Crippen LogP contribution in [0.5, 0.6) is 0 Å². The van der Waals surface area contributed by atoms with Gasteiger partial charge in [-0.3, -0.25) is 4.90 Å². The molecule has 1 aliphatic rings. The van der Waals surface area contributed by atoms with E-state index in [0.29, 0.717) is 10.6 Å². The predicted molar refractivity (Wildman–Crippen MR) is 77.7 cm³/mol. The number of rotatable bonds is 2. The molecule has 0 saturated carbocycles. The Balaban J connectivity index is 1.78. The van der Waals surface area contributed by atoms with Gasteiger partial charge in [-0.15, -0.1) is 11.3 Å². The third-order valence-corrected chi connectivity index (χ3v) is 4.66. The topological polar surface area (TPSA) is 53.1 Å². The lowest BCUT2D eigenvalue weighted by molar-refractivity contribution is 0.249. The zero-order valence-corrected chi connectivity index (χ0v) is 11.4. The average Bonchev–Trinajstić information content (AvgIpc) is 2.76. The highest BCUT2D eigenvalue weighted by Crippen LogP contribution is 2.34. The maximum atomic E-state index is 9.04. The summed E-state index contributed by atoms with van der Waals surface area (Å²) in [5.74, 6) is 0. The zero-order valence-electron chi connectivity index (χ0n) is 10.6. The minimum Gasteiger partial charge on any atom is -0.397 e. The molecule has 4 heteroatoms. The van der Waals surface area contributed by atoms with Crippen LogP contribution in [0.4, 0.5) is 5.69 Å². The van der Waals surface area contributed by atoms with Crippen molar-refractivity contribution in [2.75, 3.05) is 12.3 Å². The van der Waals surface area contributed by atoms with E-state index in [4.69, 9.17) is 11.0 Å². The van der Waals surface area contributed by atoms with E-state index in [1.807, 2.05) is 6.07 Å².